The standard InChI is InChI=1S/C15H25NO5/c1-9(2)15(20,10(3)17)14(19)21-8-11-4-6-16-7-5-12(18)13(11)16/h4,9-10,12-13,17-18,20H,5-8H2,1-3H3/t10-,12-,13+,15-/m1/s1. The molecular formula is C15H25NO5. The summed E-state index contributed by atoms with van der Waals surface area (Å²) in [6.45, 7) is 6.32. The van der Waals surface area contributed by atoms with Gasteiger partial charge in [0.1, 0.15) is 6.61 Å². The number of rotatable bonds is 5. The van der Waals surface area contributed by atoms with Gasteiger partial charge in [-0.15, -0.1) is 0 Å². The minimum Gasteiger partial charge on any atom is -0.459 e. The lowest BCUT2D eigenvalue weighted by atomic mass is 9.85. The Balaban J connectivity index is 1.98. The van der Waals surface area contributed by atoms with E-state index in [1.54, 1.807) is 13.8 Å². The van der Waals surface area contributed by atoms with Gasteiger partial charge in [-0.25, -0.2) is 4.79 Å². The van der Waals surface area contributed by atoms with Gasteiger partial charge in [0, 0.05) is 13.1 Å². The van der Waals surface area contributed by atoms with Crippen LogP contribution in [0.15, 0.2) is 11.6 Å². The number of aliphatic hydroxyl groups excluding tert-OH is 2. The molecule has 0 unspecified atom stereocenters. The summed E-state index contributed by atoms with van der Waals surface area (Å²) in [6, 6.07) is -0.0866. The Morgan fingerprint density at radius 1 is 1.52 bits per heavy atom. The van der Waals surface area contributed by atoms with E-state index >= 15 is 0 Å². The number of hydrogen-bond donors (Lipinski definition) is 3. The van der Waals surface area contributed by atoms with E-state index in [1.807, 2.05) is 6.08 Å². The van der Waals surface area contributed by atoms with Crippen molar-refractivity contribution >= 4 is 5.97 Å². The summed E-state index contributed by atoms with van der Waals surface area (Å²) >= 11 is 0. The van der Waals surface area contributed by atoms with Crippen LogP contribution >= 0.6 is 0 Å². The summed E-state index contributed by atoms with van der Waals surface area (Å²) in [5, 5.41) is 30.0. The second-order valence-electron chi connectivity index (χ2n) is 6.31. The zero-order chi connectivity index (χ0) is 15.8. The molecule has 2 heterocycles. The van der Waals surface area contributed by atoms with Gasteiger partial charge in [-0.1, -0.05) is 19.9 Å². The van der Waals surface area contributed by atoms with Crippen LogP contribution in [0.5, 0.6) is 0 Å². The number of aliphatic hydroxyl groups is 3. The maximum atomic E-state index is 12.1. The second-order valence-corrected chi connectivity index (χ2v) is 6.31. The topological polar surface area (TPSA) is 90.2 Å². The zero-order valence-corrected chi connectivity index (χ0v) is 12.8. The smallest absolute Gasteiger partial charge is 0.341 e. The number of nitrogens with zero attached hydrogens (tertiary/aromatic N) is 1. The first-order chi connectivity index (χ1) is 9.78. The molecule has 3 N–H and O–H groups in total. The molecule has 0 aromatic heterocycles. The number of ether oxygens (including phenoxy) is 1. The van der Waals surface area contributed by atoms with Crippen LogP contribution in [0.4, 0.5) is 0 Å². The van der Waals surface area contributed by atoms with E-state index in [2.05, 4.69) is 4.90 Å². The highest BCUT2D eigenvalue weighted by molar-refractivity contribution is 5.80. The van der Waals surface area contributed by atoms with Crippen molar-refractivity contribution in [2.24, 2.45) is 5.92 Å². The van der Waals surface area contributed by atoms with Crippen LogP contribution in [0, 0.1) is 5.92 Å². The van der Waals surface area contributed by atoms with Gasteiger partial charge in [0.2, 0.25) is 0 Å². The number of esters is 1. The highest BCUT2D eigenvalue weighted by Crippen LogP contribution is 2.30. The van der Waals surface area contributed by atoms with Gasteiger partial charge in [0.15, 0.2) is 5.60 Å². The Hall–Kier alpha value is -0.950. The molecule has 0 radical (unpaired) electrons. The van der Waals surface area contributed by atoms with Crippen LogP contribution in [0.1, 0.15) is 27.2 Å². The van der Waals surface area contributed by atoms with Crippen LogP contribution < -0.4 is 0 Å². The SMILES string of the molecule is CC(C)[C@](O)(C(=O)OCC1=CCN2CC[C@@H](O)[C@H]12)[C@@H](C)O. The molecule has 0 saturated carbocycles. The van der Waals surface area contributed by atoms with Gasteiger partial charge in [-0.05, 0) is 24.8 Å². The van der Waals surface area contributed by atoms with E-state index in [1.165, 1.54) is 6.92 Å². The number of hydrogen-bond acceptors (Lipinski definition) is 6. The van der Waals surface area contributed by atoms with Gasteiger partial charge < -0.3 is 20.1 Å². The molecule has 2 aliphatic heterocycles. The third-order valence-corrected chi connectivity index (χ3v) is 4.65. The van der Waals surface area contributed by atoms with Gasteiger partial charge >= 0.3 is 5.97 Å². The Morgan fingerprint density at radius 3 is 2.76 bits per heavy atom. The number of carbonyl (C=O) groups excluding carboxylic acids is 1. The molecule has 0 amide bonds. The average molecular weight is 299 g/mol. The molecule has 0 aromatic carbocycles. The molecule has 21 heavy (non-hydrogen) atoms. The van der Waals surface area contributed by atoms with E-state index in [0.29, 0.717) is 0 Å². The molecule has 1 fully saturated rings. The molecule has 6 nitrogen and oxygen atoms in total. The molecular weight excluding hydrogens is 274 g/mol. The summed E-state index contributed by atoms with van der Waals surface area (Å²) in [4.78, 5) is 14.3. The Kier molecular flexibility index (Phi) is 4.72. The van der Waals surface area contributed by atoms with E-state index in [9.17, 15) is 20.1 Å². The minimum atomic E-state index is -1.91. The first kappa shape index (κ1) is 16.4. The van der Waals surface area contributed by atoms with Crippen LogP contribution in [-0.4, -0.2) is 69.7 Å². The van der Waals surface area contributed by atoms with Crippen molar-refractivity contribution in [2.45, 2.75) is 51.0 Å². The molecule has 120 valence electrons. The van der Waals surface area contributed by atoms with Crippen LogP contribution in [0.25, 0.3) is 0 Å². The molecule has 4 atom stereocenters. The fourth-order valence-electron chi connectivity index (χ4n) is 3.18. The molecule has 1 saturated heterocycles. The van der Waals surface area contributed by atoms with Crippen LogP contribution in [-0.2, 0) is 9.53 Å². The van der Waals surface area contributed by atoms with Crippen molar-refractivity contribution in [3.8, 4) is 0 Å². The largest absolute Gasteiger partial charge is 0.459 e. The monoisotopic (exact) mass is 299 g/mol. The van der Waals surface area contributed by atoms with Crippen molar-refractivity contribution in [1.82, 2.24) is 4.90 Å². The molecule has 0 aliphatic carbocycles. The van der Waals surface area contributed by atoms with E-state index < -0.39 is 29.7 Å². The number of fused-ring (bicyclic) bond motifs is 1. The predicted molar refractivity (Wildman–Crippen MR) is 76.5 cm³/mol. The zero-order valence-electron chi connectivity index (χ0n) is 12.8. The predicted octanol–water partition coefficient (Wildman–Crippen LogP) is -0.327. The van der Waals surface area contributed by atoms with Gasteiger partial charge in [0.05, 0.1) is 18.2 Å². The lowest BCUT2D eigenvalue weighted by Gasteiger charge is -2.32. The molecule has 2 rings (SSSR count). The summed E-state index contributed by atoms with van der Waals surface area (Å²) in [7, 11) is 0. The van der Waals surface area contributed by atoms with Crippen LogP contribution in [0.2, 0.25) is 0 Å². The van der Waals surface area contributed by atoms with Gasteiger partial charge in [-0.2, -0.15) is 0 Å². The van der Waals surface area contributed by atoms with Crippen molar-refractivity contribution in [3.05, 3.63) is 11.6 Å². The molecule has 2 aliphatic rings. The lowest BCUT2D eigenvalue weighted by molar-refractivity contribution is -0.183. The fourth-order valence-corrected chi connectivity index (χ4v) is 3.18. The highest BCUT2D eigenvalue weighted by Gasteiger charge is 2.46. The Labute approximate surface area is 125 Å². The first-order valence-electron chi connectivity index (χ1n) is 7.47. The third-order valence-electron chi connectivity index (χ3n) is 4.65. The molecule has 0 aromatic rings. The van der Waals surface area contributed by atoms with Gasteiger partial charge in [0.25, 0.3) is 0 Å². The average Bonchev–Trinajstić information content (AvgIpc) is 2.98. The second kappa shape index (κ2) is 6.04. The van der Waals surface area contributed by atoms with Crippen molar-refractivity contribution < 1.29 is 24.9 Å². The molecule has 0 spiro atoms. The van der Waals surface area contributed by atoms with Crippen molar-refractivity contribution in [3.63, 3.8) is 0 Å². The third kappa shape index (κ3) is 2.85. The summed E-state index contributed by atoms with van der Waals surface area (Å²) < 4.78 is 5.22. The molecule has 6 heteroatoms. The maximum absolute atomic E-state index is 12.1. The fraction of sp³-hybridized carbons (Fsp3) is 0.800. The number of carbonyl (C=O) groups is 1. The maximum Gasteiger partial charge on any atom is 0.341 e. The quantitative estimate of drug-likeness (QED) is 0.476. The summed E-state index contributed by atoms with van der Waals surface area (Å²) in [5.74, 6) is -1.28. The van der Waals surface area contributed by atoms with Crippen molar-refractivity contribution in [1.29, 1.82) is 0 Å². The van der Waals surface area contributed by atoms with Gasteiger partial charge in [-0.3, -0.25) is 4.90 Å². The van der Waals surface area contributed by atoms with E-state index in [4.69, 9.17) is 4.74 Å². The van der Waals surface area contributed by atoms with E-state index in [0.717, 1.165) is 25.1 Å². The van der Waals surface area contributed by atoms with Crippen LogP contribution in [0.3, 0.4) is 0 Å². The lowest BCUT2D eigenvalue weighted by Crippen LogP contribution is -2.53. The first-order valence-corrected chi connectivity index (χ1v) is 7.47. The van der Waals surface area contributed by atoms with E-state index in [-0.39, 0.29) is 12.6 Å². The summed E-state index contributed by atoms with van der Waals surface area (Å²) in [6.07, 6.45) is 1.03. The normalized spacial score (nSPS) is 30.0. The van der Waals surface area contributed by atoms with Crippen molar-refractivity contribution in [2.75, 3.05) is 19.7 Å². The summed E-state index contributed by atoms with van der Waals surface area (Å²) in [5.41, 5.74) is -1.04. The molecule has 0 bridgehead atoms. The Morgan fingerprint density at radius 2 is 2.19 bits per heavy atom. The Bertz CT molecular complexity index is 424. The minimum absolute atomic E-state index is 0.0405. The highest BCUT2D eigenvalue weighted by atomic mass is 16.6.